The number of benzene rings is 1. The molecule has 0 heterocycles. The molecule has 1 aromatic carbocycles. The summed E-state index contributed by atoms with van der Waals surface area (Å²) < 4.78 is 0. The molecule has 1 aromatic rings. The van der Waals surface area contributed by atoms with Gasteiger partial charge >= 0.3 is 0 Å². The molecule has 1 unspecified atom stereocenters. The molecule has 0 fully saturated rings. The Morgan fingerprint density at radius 3 is 2.44 bits per heavy atom. The van der Waals surface area contributed by atoms with Crippen molar-refractivity contribution in [1.29, 1.82) is 5.26 Å². The van der Waals surface area contributed by atoms with E-state index in [1.54, 1.807) is 0 Å². The molecule has 1 rings (SSSR count). The maximum Gasteiger partial charge on any atom is 0.0638 e. The fourth-order valence-electron chi connectivity index (χ4n) is 1.70. The van der Waals surface area contributed by atoms with E-state index >= 15 is 0 Å². The van der Waals surface area contributed by atoms with Crippen molar-refractivity contribution < 1.29 is 0 Å². The Hall–Kier alpha value is -1.33. The third-order valence-electron chi connectivity index (χ3n) is 2.99. The van der Waals surface area contributed by atoms with Crippen LogP contribution in [0.4, 0.5) is 0 Å². The van der Waals surface area contributed by atoms with Gasteiger partial charge in [-0.2, -0.15) is 5.26 Å². The fourth-order valence-corrected chi connectivity index (χ4v) is 1.70. The van der Waals surface area contributed by atoms with Gasteiger partial charge in [0.05, 0.1) is 12.5 Å². The molecule has 2 nitrogen and oxygen atoms in total. The lowest BCUT2D eigenvalue weighted by atomic mass is 10.0. The average molecular weight is 216 g/mol. The van der Waals surface area contributed by atoms with Gasteiger partial charge in [0.2, 0.25) is 0 Å². The third-order valence-corrected chi connectivity index (χ3v) is 2.99. The van der Waals surface area contributed by atoms with Crippen LogP contribution in [-0.2, 0) is 6.54 Å². The van der Waals surface area contributed by atoms with E-state index in [1.165, 1.54) is 22.3 Å². The molecule has 0 aliphatic carbocycles. The van der Waals surface area contributed by atoms with E-state index in [0.29, 0.717) is 6.42 Å². The fraction of sp³-hybridized carbons (Fsp3) is 0.500. The molecule has 1 N–H and O–H groups in total. The third kappa shape index (κ3) is 3.36. The minimum atomic E-state index is 0.256. The molecule has 86 valence electrons. The minimum Gasteiger partial charge on any atom is -0.309 e. The number of hydrogen-bond donors (Lipinski definition) is 1. The van der Waals surface area contributed by atoms with Gasteiger partial charge in [-0.3, -0.25) is 0 Å². The van der Waals surface area contributed by atoms with Crippen molar-refractivity contribution >= 4 is 0 Å². The Bertz CT molecular complexity index is 402. The van der Waals surface area contributed by atoms with Crippen molar-refractivity contribution in [1.82, 2.24) is 5.32 Å². The Kier molecular flexibility index (Phi) is 4.52. The Morgan fingerprint density at radius 2 is 1.81 bits per heavy atom. The van der Waals surface area contributed by atoms with Crippen LogP contribution in [0.3, 0.4) is 0 Å². The van der Waals surface area contributed by atoms with Crippen molar-refractivity contribution in [3.05, 3.63) is 34.4 Å². The topological polar surface area (TPSA) is 35.8 Å². The molecule has 0 saturated carbocycles. The van der Waals surface area contributed by atoms with Crippen LogP contribution in [0.1, 0.15) is 35.6 Å². The maximum atomic E-state index is 8.58. The average Bonchev–Trinajstić information content (AvgIpc) is 2.22. The highest BCUT2D eigenvalue weighted by atomic mass is 14.9. The Morgan fingerprint density at radius 1 is 1.19 bits per heavy atom. The number of aryl methyl sites for hydroxylation is 3. The summed E-state index contributed by atoms with van der Waals surface area (Å²) in [6.45, 7) is 9.29. The number of rotatable bonds is 4. The van der Waals surface area contributed by atoms with E-state index in [2.05, 4.69) is 44.3 Å². The van der Waals surface area contributed by atoms with Gasteiger partial charge < -0.3 is 5.32 Å². The molecular formula is C14H20N2. The van der Waals surface area contributed by atoms with Crippen molar-refractivity contribution in [3.8, 4) is 6.07 Å². The molecule has 0 spiro atoms. The second-order valence-corrected chi connectivity index (χ2v) is 4.51. The van der Waals surface area contributed by atoms with Crippen LogP contribution in [0, 0.1) is 32.1 Å². The van der Waals surface area contributed by atoms with Crippen molar-refractivity contribution in [2.75, 3.05) is 0 Å². The Balaban J connectivity index is 2.68. The minimum absolute atomic E-state index is 0.256. The second-order valence-electron chi connectivity index (χ2n) is 4.51. The first-order valence-corrected chi connectivity index (χ1v) is 5.71. The molecule has 2 heteroatoms. The predicted octanol–water partition coefficient (Wildman–Crippen LogP) is 3.00. The molecule has 1 atom stereocenters. The van der Waals surface area contributed by atoms with Crippen LogP contribution in [0.25, 0.3) is 0 Å². The summed E-state index contributed by atoms with van der Waals surface area (Å²) in [6, 6.07) is 6.89. The summed E-state index contributed by atoms with van der Waals surface area (Å²) in [7, 11) is 0. The normalized spacial score (nSPS) is 12.2. The van der Waals surface area contributed by atoms with Gasteiger partial charge in [0.1, 0.15) is 0 Å². The highest BCUT2D eigenvalue weighted by Crippen LogP contribution is 2.15. The largest absolute Gasteiger partial charge is 0.309 e. The van der Waals surface area contributed by atoms with Crippen LogP contribution < -0.4 is 5.32 Å². The summed E-state index contributed by atoms with van der Waals surface area (Å²) in [6.07, 6.45) is 0.559. The van der Waals surface area contributed by atoms with Gasteiger partial charge in [-0.25, -0.2) is 0 Å². The van der Waals surface area contributed by atoms with Crippen LogP contribution in [0.5, 0.6) is 0 Å². The van der Waals surface area contributed by atoms with E-state index < -0.39 is 0 Å². The molecule has 16 heavy (non-hydrogen) atoms. The van der Waals surface area contributed by atoms with Gasteiger partial charge in [-0.1, -0.05) is 12.1 Å². The zero-order valence-electron chi connectivity index (χ0n) is 10.6. The van der Waals surface area contributed by atoms with Gasteiger partial charge in [0.15, 0.2) is 0 Å². The first kappa shape index (κ1) is 12.7. The van der Waals surface area contributed by atoms with Crippen molar-refractivity contribution in [3.63, 3.8) is 0 Å². The SMILES string of the molecule is Cc1cc(C)c(CNC(C)CC#N)cc1C. The molecule has 0 bridgehead atoms. The summed E-state index contributed by atoms with van der Waals surface area (Å²) in [5.74, 6) is 0. The van der Waals surface area contributed by atoms with Gasteiger partial charge in [-0.05, 0) is 49.9 Å². The zero-order chi connectivity index (χ0) is 12.1. The van der Waals surface area contributed by atoms with Crippen molar-refractivity contribution in [2.24, 2.45) is 0 Å². The first-order valence-electron chi connectivity index (χ1n) is 5.71. The monoisotopic (exact) mass is 216 g/mol. The molecular weight excluding hydrogens is 196 g/mol. The molecule has 0 saturated heterocycles. The van der Waals surface area contributed by atoms with Gasteiger partial charge in [0.25, 0.3) is 0 Å². The summed E-state index contributed by atoms with van der Waals surface area (Å²) in [4.78, 5) is 0. The highest BCUT2D eigenvalue weighted by Gasteiger charge is 2.04. The molecule has 0 aromatic heterocycles. The maximum absolute atomic E-state index is 8.58. The van der Waals surface area contributed by atoms with Crippen LogP contribution >= 0.6 is 0 Å². The zero-order valence-corrected chi connectivity index (χ0v) is 10.6. The van der Waals surface area contributed by atoms with E-state index in [9.17, 15) is 0 Å². The quantitative estimate of drug-likeness (QED) is 0.839. The lowest BCUT2D eigenvalue weighted by Crippen LogP contribution is -2.25. The van der Waals surface area contributed by atoms with Crippen LogP contribution in [0.2, 0.25) is 0 Å². The lowest BCUT2D eigenvalue weighted by Gasteiger charge is -2.13. The van der Waals surface area contributed by atoms with Gasteiger partial charge in [-0.15, -0.1) is 0 Å². The van der Waals surface area contributed by atoms with E-state index in [-0.39, 0.29) is 6.04 Å². The number of nitrogens with one attached hydrogen (secondary N) is 1. The molecule has 0 radical (unpaired) electrons. The van der Waals surface area contributed by atoms with E-state index in [1.807, 2.05) is 6.92 Å². The summed E-state index contributed by atoms with van der Waals surface area (Å²) in [5.41, 5.74) is 5.31. The predicted molar refractivity (Wildman–Crippen MR) is 67.2 cm³/mol. The molecule has 0 amide bonds. The van der Waals surface area contributed by atoms with E-state index in [4.69, 9.17) is 5.26 Å². The summed E-state index contributed by atoms with van der Waals surface area (Å²) in [5, 5.41) is 11.9. The first-order chi connectivity index (χ1) is 7.54. The second kappa shape index (κ2) is 5.67. The van der Waals surface area contributed by atoms with Crippen LogP contribution in [0.15, 0.2) is 12.1 Å². The van der Waals surface area contributed by atoms with E-state index in [0.717, 1.165) is 6.54 Å². The lowest BCUT2D eigenvalue weighted by molar-refractivity contribution is 0.556. The summed E-state index contributed by atoms with van der Waals surface area (Å²) >= 11 is 0. The standard InChI is InChI=1S/C14H20N2/c1-10-7-12(3)14(8-11(10)2)9-16-13(4)5-6-15/h7-8,13,16H,5,9H2,1-4H3. The highest BCUT2D eigenvalue weighted by molar-refractivity contribution is 5.36. The van der Waals surface area contributed by atoms with Crippen LogP contribution in [-0.4, -0.2) is 6.04 Å². The number of nitrogens with zero attached hydrogens (tertiary/aromatic N) is 1. The Labute approximate surface area is 98.3 Å². The van der Waals surface area contributed by atoms with Crippen molar-refractivity contribution in [2.45, 2.75) is 46.7 Å². The van der Waals surface area contributed by atoms with Gasteiger partial charge in [0, 0.05) is 12.6 Å². The smallest absolute Gasteiger partial charge is 0.0638 e. The molecule has 0 aliphatic heterocycles. The number of hydrogen-bond acceptors (Lipinski definition) is 2. The molecule has 0 aliphatic rings. The number of nitriles is 1.